The Balaban J connectivity index is 2.55. The highest BCUT2D eigenvalue weighted by Gasteiger charge is 2.04. The van der Waals surface area contributed by atoms with Crippen molar-refractivity contribution in [3.63, 3.8) is 0 Å². The number of rotatable bonds is 2. The van der Waals surface area contributed by atoms with E-state index in [1.807, 2.05) is 12.1 Å². The van der Waals surface area contributed by atoms with E-state index in [-0.39, 0.29) is 12.4 Å². The molecule has 1 nitrogen and oxygen atoms in total. The van der Waals surface area contributed by atoms with Crippen LogP contribution in [0, 0.1) is 5.82 Å². The number of aliphatic hydroxyl groups excluding tert-OH is 1. The molecule has 0 saturated carbocycles. The number of benzene rings is 1. The van der Waals surface area contributed by atoms with E-state index in [0.717, 1.165) is 9.58 Å². The van der Waals surface area contributed by atoms with Crippen LogP contribution in [-0.2, 0) is 6.42 Å². The second kappa shape index (κ2) is 3.44. The quantitative estimate of drug-likeness (QED) is 0.782. The van der Waals surface area contributed by atoms with Gasteiger partial charge < -0.3 is 5.11 Å². The van der Waals surface area contributed by atoms with Gasteiger partial charge in [0, 0.05) is 28.0 Å². The molecule has 0 radical (unpaired) electrons. The molecule has 0 unspecified atom stereocenters. The first kappa shape index (κ1) is 8.66. The van der Waals surface area contributed by atoms with E-state index in [1.54, 1.807) is 6.07 Å². The molecular weight excluding hydrogens is 187 g/mol. The number of thiophene rings is 1. The van der Waals surface area contributed by atoms with E-state index in [0.29, 0.717) is 11.8 Å². The zero-order chi connectivity index (χ0) is 9.26. The first-order chi connectivity index (χ1) is 6.31. The fraction of sp³-hybridized carbons (Fsp3) is 0.200. The lowest BCUT2D eigenvalue weighted by atomic mass is 10.2. The highest BCUT2D eigenvalue weighted by Crippen LogP contribution is 2.27. The van der Waals surface area contributed by atoms with Crippen molar-refractivity contribution in [2.75, 3.05) is 6.61 Å². The van der Waals surface area contributed by atoms with Crippen molar-refractivity contribution in [3.8, 4) is 0 Å². The Kier molecular flexibility index (Phi) is 2.29. The van der Waals surface area contributed by atoms with Crippen LogP contribution < -0.4 is 0 Å². The lowest BCUT2D eigenvalue weighted by molar-refractivity contribution is 0.300. The van der Waals surface area contributed by atoms with E-state index in [2.05, 4.69) is 0 Å². The van der Waals surface area contributed by atoms with Crippen molar-refractivity contribution in [2.24, 2.45) is 0 Å². The summed E-state index contributed by atoms with van der Waals surface area (Å²) in [4.78, 5) is 1.03. The maximum Gasteiger partial charge on any atom is 0.131 e. The summed E-state index contributed by atoms with van der Waals surface area (Å²) in [7, 11) is 0. The van der Waals surface area contributed by atoms with Gasteiger partial charge in [0.25, 0.3) is 0 Å². The highest BCUT2D eigenvalue weighted by molar-refractivity contribution is 7.19. The van der Waals surface area contributed by atoms with Crippen LogP contribution in [0.15, 0.2) is 24.3 Å². The zero-order valence-corrected chi connectivity index (χ0v) is 7.77. The Morgan fingerprint density at radius 2 is 2.23 bits per heavy atom. The van der Waals surface area contributed by atoms with Crippen molar-refractivity contribution < 1.29 is 9.50 Å². The predicted octanol–water partition coefficient (Wildman–Crippen LogP) is 2.58. The summed E-state index contributed by atoms with van der Waals surface area (Å²) in [5, 5.41) is 9.39. The van der Waals surface area contributed by atoms with E-state index in [4.69, 9.17) is 5.11 Å². The van der Waals surface area contributed by atoms with Crippen LogP contribution in [0.25, 0.3) is 10.1 Å². The first-order valence-corrected chi connectivity index (χ1v) is 4.90. The topological polar surface area (TPSA) is 20.2 Å². The van der Waals surface area contributed by atoms with Gasteiger partial charge in [-0.2, -0.15) is 0 Å². The summed E-state index contributed by atoms with van der Waals surface area (Å²) < 4.78 is 14.1. The van der Waals surface area contributed by atoms with Crippen LogP contribution in [0.2, 0.25) is 0 Å². The van der Waals surface area contributed by atoms with E-state index < -0.39 is 0 Å². The second-order valence-corrected chi connectivity index (χ2v) is 4.01. The lowest BCUT2D eigenvalue weighted by Gasteiger charge is -1.88. The maximum absolute atomic E-state index is 13.2. The van der Waals surface area contributed by atoms with Crippen LogP contribution in [0.5, 0.6) is 0 Å². The maximum atomic E-state index is 13.2. The van der Waals surface area contributed by atoms with Gasteiger partial charge in [0.05, 0.1) is 0 Å². The van der Waals surface area contributed by atoms with E-state index in [1.165, 1.54) is 17.4 Å². The van der Waals surface area contributed by atoms with Crippen LogP contribution in [-0.4, -0.2) is 11.7 Å². The Labute approximate surface area is 79.4 Å². The molecule has 2 rings (SSSR count). The van der Waals surface area contributed by atoms with Gasteiger partial charge in [-0.25, -0.2) is 4.39 Å². The van der Waals surface area contributed by atoms with Gasteiger partial charge in [-0.05, 0) is 18.2 Å². The number of hydrogen-bond acceptors (Lipinski definition) is 2. The minimum Gasteiger partial charge on any atom is -0.396 e. The third kappa shape index (κ3) is 1.57. The molecule has 0 aliphatic carbocycles. The van der Waals surface area contributed by atoms with E-state index >= 15 is 0 Å². The van der Waals surface area contributed by atoms with Gasteiger partial charge in [-0.15, -0.1) is 11.3 Å². The molecule has 1 N–H and O–H groups in total. The summed E-state index contributed by atoms with van der Waals surface area (Å²) in [6, 6.07) is 6.87. The molecule has 0 amide bonds. The van der Waals surface area contributed by atoms with Crippen LogP contribution in [0.3, 0.4) is 0 Å². The number of hydrogen-bond donors (Lipinski definition) is 1. The standard InChI is InChI=1S/C10H9FOS/c11-9-2-1-3-10-8(9)6-7(13-10)4-5-12/h1-3,6,12H,4-5H2. The third-order valence-electron chi connectivity index (χ3n) is 1.92. The molecule has 0 aliphatic heterocycles. The number of halogens is 1. The van der Waals surface area contributed by atoms with Gasteiger partial charge in [-0.3, -0.25) is 0 Å². The van der Waals surface area contributed by atoms with Crippen LogP contribution in [0.1, 0.15) is 4.88 Å². The highest BCUT2D eigenvalue weighted by atomic mass is 32.1. The fourth-order valence-corrected chi connectivity index (χ4v) is 2.38. The average molecular weight is 196 g/mol. The van der Waals surface area contributed by atoms with Crippen molar-refractivity contribution in [1.29, 1.82) is 0 Å². The first-order valence-electron chi connectivity index (χ1n) is 4.09. The largest absolute Gasteiger partial charge is 0.396 e. The summed E-state index contributed by atoms with van der Waals surface area (Å²) in [6.45, 7) is 0.119. The summed E-state index contributed by atoms with van der Waals surface area (Å²) in [5.41, 5.74) is 0. The molecule has 1 aromatic carbocycles. The molecule has 68 valence electrons. The molecule has 2 aromatic rings. The predicted molar refractivity (Wildman–Crippen MR) is 52.6 cm³/mol. The third-order valence-corrected chi connectivity index (χ3v) is 3.08. The van der Waals surface area contributed by atoms with Gasteiger partial charge in [0.15, 0.2) is 0 Å². The normalized spacial score (nSPS) is 10.9. The van der Waals surface area contributed by atoms with Gasteiger partial charge in [0.2, 0.25) is 0 Å². The van der Waals surface area contributed by atoms with E-state index in [9.17, 15) is 4.39 Å². The molecule has 0 fully saturated rings. The van der Waals surface area contributed by atoms with Crippen LogP contribution >= 0.6 is 11.3 Å². The zero-order valence-electron chi connectivity index (χ0n) is 6.96. The van der Waals surface area contributed by atoms with Gasteiger partial charge in [0.1, 0.15) is 5.82 Å². The van der Waals surface area contributed by atoms with Crippen molar-refractivity contribution >= 4 is 21.4 Å². The lowest BCUT2D eigenvalue weighted by Crippen LogP contribution is -1.84. The monoisotopic (exact) mass is 196 g/mol. The number of aliphatic hydroxyl groups is 1. The smallest absolute Gasteiger partial charge is 0.131 e. The molecule has 13 heavy (non-hydrogen) atoms. The summed E-state index contributed by atoms with van der Waals surface area (Å²) in [5.74, 6) is -0.182. The molecule has 1 aromatic heterocycles. The van der Waals surface area contributed by atoms with Crippen molar-refractivity contribution in [3.05, 3.63) is 35.0 Å². The molecule has 0 spiro atoms. The molecule has 0 aliphatic rings. The Morgan fingerprint density at radius 1 is 1.38 bits per heavy atom. The Bertz CT molecular complexity index is 422. The average Bonchev–Trinajstić information content (AvgIpc) is 2.49. The van der Waals surface area contributed by atoms with Crippen molar-refractivity contribution in [2.45, 2.75) is 6.42 Å². The summed E-state index contributed by atoms with van der Waals surface area (Å²) in [6.07, 6.45) is 0.610. The molecule has 1 heterocycles. The Hall–Kier alpha value is -0.930. The summed E-state index contributed by atoms with van der Waals surface area (Å²) >= 11 is 1.54. The molecular formula is C10H9FOS. The van der Waals surface area contributed by atoms with Crippen molar-refractivity contribution in [1.82, 2.24) is 0 Å². The molecule has 3 heteroatoms. The number of fused-ring (bicyclic) bond motifs is 1. The molecule has 0 bridgehead atoms. The Morgan fingerprint density at radius 3 is 2.92 bits per heavy atom. The van der Waals surface area contributed by atoms with Gasteiger partial charge in [-0.1, -0.05) is 6.07 Å². The molecule has 0 atom stereocenters. The van der Waals surface area contributed by atoms with Gasteiger partial charge >= 0.3 is 0 Å². The SMILES string of the molecule is OCCc1cc2c(F)cccc2s1. The second-order valence-electron chi connectivity index (χ2n) is 2.84. The van der Waals surface area contributed by atoms with Crippen LogP contribution in [0.4, 0.5) is 4.39 Å². The minimum absolute atomic E-state index is 0.119. The molecule has 0 saturated heterocycles. The minimum atomic E-state index is -0.182. The fourth-order valence-electron chi connectivity index (χ4n) is 1.31.